The number of carbonyl (C=O) groups excluding carboxylic acids is 1. The lowest BCUT2D eigenvalue weighted by atomic mass is 9.85. The van der Waals surface area contributed by atoms with Gasteiger partial charge in [0.25, 0.3) is 0 Å². The van der Waals surface area contributed by atoms with E-state index < -0.39 is 0 Å². The molecule has 3 heterocycles. The van der Waals surface area contributed by atoms with E-state index in [1.807, 2.05) is 11.6 Å². The molecule has 0 unspecified atom stereocenters. The predicted octanol–water partition coefficient (Wildman–Crippen LogP) is 0.981. The zero-order valence-corrected chi connectivity index (χ0v) is 14.0. The van der Waals surface area contributed by atoms with Crippen molar-refractivity contribution in [3.05, 3.63) is 16.6 Å². The van der Waals surface area contributed by atoms with E-state index in [1.165, 1.54) is 0 Å². The lowest BCUT2D eigenvalue weighted by molar-refractivity contribution is -0.200. The summed E-state index contributed by atoms with van der Waals surface area (Å²) in [5, 5.41) is 3.16. The van der Waals surface area contributed by atoms with Gasteiger partial charge in [0, 0.05) is 51.8 Å². The first kappa shape index (κ1) is 15.9. The minimum Gasteiger partial charge on any atom is -0.372 e. The third-order valence-electron chi connectivity index (χ3n) is 4.25. The standard InChI is InChI=1S/C15H23N3O3S/c1-17(2)14(19)9-20-12-3-5-21-15(7-12)10-18(11-15)8-13-16-4-6-22-13/h4,6,12H,3,5,7-11H2,1-2H3/t12-/m0/s1. The van der Waals surface area contributed by atoms with Crippen molar-refractivity contribution in [2.75, 3.05) is 40.4 Å². The molecule has 1 atom stereocenters. The van der Waals surface area contributed by atoms with E-state index >= 15 is 0 Å². The first-order valence-electron chi connectivity index (χ1n) is 7.63. The molecule has 3 rings (SSSR count). The molecule has 2 aliphatic heterocycles. The second-order valence-electron chi connectivity index (χ2n) is 6.32. The Morgan fingerprint density at radius 1 is 1.59 bits per heavy atom. The third-order valence-corrected chi connectivity index (χ3v) is 5.02. The van der Waals surface area contributed by atoms with Crippen LogP contribution in [0.4, 0.5) is 0 Å². The Balaban J connectivity index is 1.44. The molecule has 1 aromatic heterocycles. The maximum absolute atomic E-state index is 11.6. The van der Waals surface area contributed by atoms with Crippen LogP contribution in [0.3, 0.4) is 0 Å². The molecular formula is C15H23N3O3S. The first-order valence-corrected chi connectivity index (χ1v) is 8.51. The van der Waals surface area contributed by atoms with Crippen molar-refractivity contribution >= 4 is 17.2 Å². The van der Waals surface area contributed by atoms with Crippen LogP contribution < -0.4 is 0 Å². The fourth-order valence-corrected chi connectivity index (χ4v) is 3.72. The molecule has 122 valence electrons. The molecule has 2 fully saturated rings. The molecule has 0 aliphatic carbocycles. The summed E-state index contributed by atoms with van der Waals surface area (Å²) in [4.78, 5) is 19.9. The molecule has 1 amide bonds. The van der Waals surface area contributed by atoms with Crippen molar-refractivity contribution in [2.45, 2.75) is 31.1 Å². The van der Waals surface area contributed by atoms with Crippen molar-refractivity contribution in [1.29, 1.82) is 0 Å². The maximum atomic E-state index is 11.6. The Kier molecular flexibility index (Phi) is 4.77. The van der Waals surface area contributed by atoms with Crippen LogP contribution in [-0.4, -0.2) is 72.8 Å². The van der Waals surface area contributed by atoms with E-state index in [0.717, 1.165) is 37.5 Å². The van der Waals surface area contributed by atoms with Crippen LogP contribution in [0.2, 0.25) is 0 Å². The van der Waals surface area contributed by atoms with Gasteiger partial charge in [0.15, 0.2) is 0 Å². The van der Waals surface area contributed by atoms with Gasteiger partial charge in [-0.25, -0.2) is 4.98 Å². The van der Waals surface area contributed by atoms with Crippen molar-refractivity contribution in [3.63, 3.8) is 0 Å². The molecule has 1 aromatic rings. The van der Waals surface area contributed by atoms with E-state index in [2.05, 4.69) is 9.88 Å². The highest BCUT2D eigenvalue weighted by Crippen LogP contribution is 2.36. The summed E-state index contributed by atoms with van der Waals surface area (Å²) in [6.07, 6.45) is 3.72. The molecule has 0 radical (unpaired) electrons. The van der Waals surface area contributed by atoms with Crippen LogP contribution in [0.25, 0.3) is 0 Å². The van der Waals surface area contributed by atoms with Crippen LogP contribution in [0.1, 0.15) is 17.8 Å². The summed E-state index contributed by atoms with van der Waals surface area (Å²) in [5.74, 6) is 0.0135. The zero-order valence-electron chi connectivity index (χ0n) is 13.2. The van der Waals surface area contributed by atoms with Gasteiger partial charge in [-0.15, -0.1) is 11.3 Å². The van der Waals surface area contributed by atoms with Crippen molar-refractivity contribution in [1.82, 2.24) is 14.8 Å². The fraction of sp³-hybridized carbons (Fsp3) is 0.733. The molecule has 0 saturated carbocycles. The van der Waals surface area contributed by atoms with Gasteiger partial charge < -0.3 is 14.4 Å². The van der Waals surface area contributed by atoms with Gasteiger partial charge in [0.1, 0.15) is 11.6 Å². The smallest absolute Gasteiger partial charge is 0.248 e. The number of thiazole rings is 1. The summed E-state index contributed by atoms with van der Waals surface area (Å²) in [5.41, 5.74) is -0.0820. The molecule has 7 heteroatoms. The molecule has 1 spiro atoms. The number of rotatable bonds is 5. The number of hydrogen-bond acceptors (Lipinski definition) is 6. The summed E-state index contributed by atoms with van der Waals surface area (Å²) >= 11 is 1.69. The number of ether oxygens (including phenoxy) is 2. The average molecular weight is 325 g/mol. The van der Waals surface area contributed by atoms with Crippen molar-refractivity contribution in [3.8, 4) is 0 Å². The van der Waals surface area contributed by atoms with Gasteiger partial charge in [0.2, 0.25) is 5.91 Å². The van der Waals surface area contributed by atoms with Crippen molar-refractivity contribution < 1.29 is 14.3 Å². The van der Waals surface area contributed by atoms with Gasteiger partial charge in [-0.1, -0.05) is 0 Å². The van der Waals surface area contributed by atoms with E-state index in [0.29, 0.717) is 6.61 Å². The topological polar surface area (TPSA) is 54.9 Å². The molecule has 0 aromatic carbocycles. The van der Waals surface area contributed by atoms with E-state index in [4.69, 9.17) is 9.47 Å². The SMILES string of the molecule is CN(C)C(=O)CO[C@H]1CCOC2(C1)CN(Cc1nccs1)C2. The van der Waals surface area contributed by atoms with E-state index in [-0.39, 0.29) is 24.2 Å². The maximum Gasteiger partial charge on any atom is 0.248 e. The lowest BCUT2D eigenvalue weighted by Gasteiger charge is -2.53. The summed E-state index contributed by atoms with van der Waals surface area (Å²) in [6, 6.07) is 0. The van der Waals surface area contributed by atoms with Gasteiger partial charge >= 0.3 is 0 Å². The number of aromatic nitrogens is 1. The summed E-state index contributed by atoms with van der Waals surface area (Å²) < 4.78 is 11.8. The predicted molar refractivity (Wildman–Crippen MR) is 83.7 cm³/mol. The largest absolute Gasteiger partial charge is 0.372 e. The second kappa shape index (κ2) is 6.62. The minimum atomic E-state index is -0.0820. The Hall–Kier alpha value is -1.02. The summed E-state index contributed by atoms with van der Waals surface area (Å²) in [7, 11) is 3.50. The number of likely N-dealkylation sites (tertiary alicyclic amines) is 1. The van der Waals surface area contributed by atoms with Gasteiger partial charge in [0.05, 0.1) is 18.2 Å². The van der Waals surface area contributed by atoms with E-state index in [9.17, 15) is 4.79 Å². The normalized spacial score (nSPS) is 24.2. The van der Waals surface area contributed by atoms with Crippen molar-refractivity contribution in [2.24, 2.45) is 0 Å². The molecule has 2 aliphatic rings. The number of likely N-dealkylation sites (N-methyl/N-ethyl adjacent to an activating group) is 1. The average Bonchev–Trinajstić information content (AvgIpc) is 2.96. The summed E-state index contributed by atoms with van der Waals surface area (Å²) in [6.45, 7) is 3.62. The third kappa shape index (κ3) is 3.65. The minimum absolute atomic E-state index is 0.0135. The second-order valence-corrected chi connectivity index (χ2v) is 7.30. The quantitative estimate of drug-likeness (QED) is 0.808. The van der Waals surface area contributed by atoms with Gasteiger partial charge in [-0.3, -0.25) is 9.69 Å². The number of amides is 1. The van der Waals surface area contributed by atoms with Crippen LogP contribution in [-0.2, 0) is 20.8 Å². The zero-order chi connectivity index (χ0) is 15.6. The first-order chi connectivity index (χ1) is 10.6. The molecule has 0 N–H and O–H groups in total. The van der Waals surface area contributed by atoms with Gasteiger partial charge in [-0.2, -0.15) is 0 Å². The van der Waals surface area contributed by atoms with E-state index in [1.54, 1.807) is 30.3 Å². The van der Waals surface area contributed by atoms with Crippen LogP contribution in [0.5, 0.6) is 0 Å². The highest BCUT2D eigenvalue weighted by atomic mass is 32.1. The fourth-order valence-electron chi connectivity index (χ4n) is 3.07. The monoisotopic (exact) mass is 325 g/mol. The highest BCUT2D eigenvalue weighted by molar-refractivity contribution is 7.09. The molecular weight excluding hydrogens is 302 g/mol. The Labute approximate surface area is 135 Å². The molecule has 0 bridgehead atoms. The number of hydrogen-bond donors (Lipinski definition) is 0. The number of carbonyl (C=O) groups is 1. The Morgan fingerprint density at radius 2 is 2.41 bits per heavy atom. The van der Waals surface area contributed by atoms with Gasteiger partial charge in [-0.05, 0) is 6.42 Å². The molecule has 22 heavy (non-hydrogen) atoms. The van der Waals surface area contributed by atoms with Crippen LogP contribution in [0, 0.1) is 0 Å². The Bertz CT molecular complexity index is 500. The lowest BCUT2D eigenvalue weighted by Crippen LogP contribution is -2.65. The Morgan fingerprint density at radius 3 is 3.09 bits per heavy atom. The number of nitrogens with zero attached hydrogens (tertiary/aromatic N) is 3. The highest BCUT2D eigenvalue weighted by Gasteiger charge is 2.47. The molecule has 6 nitrogen and oxygen atoms in total. The van der Waals surface area contributed by atoms with Crippen LogP contribution >= 0.6 is 11.3 Å². The molecule has 2 saturated heterocycles. The van der Waals surface area contributed by atoms with Crippen LogP contribution in [0.15, 0.2) is 11.6 Å².